The van der Waals surface area contributed by atoms with E-state index in [0.717, 1.165) is 16.3 Å². The van der Waals surface area contributed by atoms with E-state index in [-0.39, 0.29) is 18.3 Å². The fraction of sp³-hybridized carbons (Fsp3) is 0.150. The van der Waals surface area contributed by atoms with Gasteiger partial charge in [0.2, 0.25) is 0 Å². The molecule has 3 nitrogen and oxygen atoms in total. The fourth-order valence-corrected chi connectivity index (χ4v) is 2.51. The lowest BCUT2D eigenvalue weighted by Crippen LogP contribution is -2.31. The van der Waals surface area contributed by atoms with Crippen LogP contribution in [0.3, 0.4) is 0 Å². The highest BCUT2D eigenvalue weighted by molar-refractivity contribution is 5.83. The van der Waals surface area contributed by atoms with Gasteiger partial charge in [0, 0.05) is 13.6 Å². The molecule has 0 spiro atoms. The van der Waals surface area contributed by atoms with Gasteiger partial charge in [-0.05, 0) is 34.5 Å². The zero-order chi connectivity index (χ0) is 16.9. The first-order valence-electron chi connectivity index (χ1n) is 7.72. The summed E-state index contributed by atoms with van der Waals surface area (Å²) >= 11 is 0. The minimum absolute atomic E-state index is 0.0879. The molecule has 0 bridgehead atoms. The monoisotopic (exact) mass is 323 g/mol. The number of amides is 1. The van der Waals surface area contributed by atoms with Crippen LogP contribution in [0.1, 0.15) is 5.56 Å². The van der Waals surface area contributed by atoms with E-state index in [1.54, 1.807) is 24.1 Å². The first-order valence-corrected chi connectivity index (χ1v) is 7.72. The number of fused-ring (bicyclic) bond motifs is 1. The molecule has 0 aliphatic rings. The second-order valence-corrected chi connectivity index (χ2v) is 5.65. The molecule has 3 aromatic carbocycles. The predicted octanol–water partition coefficient (Wildman–Crippen LogP) is 4.02. The topological polar surface area (TPSA) is 29.5 Å². The number of carbonyl (C=O) groups excluding carboxylic acids is 1. The fourth-order valence-electron chi connectivity index (χ4n) is 2.51. The Hall–Kier alpha value is -2.88. The number of rotatable bonds is 5. The molecule has 4 heteroatoms. The summed E-state index contributed by atoms with van der Waals surface area (Å²) in [4.78, 5) is 13.7. The third kappa shape index (κ3) is 3.71. The Balaban J connectivity index is 1.61. The van der Waals surface area contributed by atoms with Crippen molar-refractivity contribution in [2.45, 2.75) is 6.54 Å². The van der Waals surface area contributed by atoms with Crippen LogP contribution >= 0.6 is 0 Å². The SMILES string of the molecule is CN(Cc1ccc2ccccc2c1)C(=O)COc1ccccc1F. The smallest absolute Gasteiger partial charge is 0.260 e. The van der Waals surface area contributed by atoms with Gasteiger partial charge in [-0.3, -0.25) is 4.79 Å². The summed E-state index contributed by atoms with van der Waals surface area (Å²) < 4.78 is 18.7. The number of carbonyl (C=O) groups is 1. The molecule has 0 saturated carbocycles. The second kappa shape index (κ2) is 7.13. The molecule has 0 heterocycles. The standard InChI is InChI=1S/C20H18FNO2/c1-22(20(23)14-24-19-9-5-4-8-18(19)21)13-15-10-11-16-6-2-3-7-17(16)12-15/h2-12H,13-14H2,1H3. The number of hydrogen-bond acceptors (Lipinski definition) is 2. The highest BCUT2D eigenvalue weighted by atomic mass is 19.1. The van der Waals surface area contributed by atoms with Gasteiger partial charge in [0.05, 0.1) is 0 Å². The van der Waals surface area contributed by atoms with Crippen molar-refractivity contribution in [2.24, 2.45) is 0 Å². The molecule has 3 rings (SSSR count). The molecule has 1 amide bonds. The van der Waals surface area contributed by atoms with Crippen LogP contribution in [0.4, 0.5) is 4.39 Å². The van der Waals surface area contributed by atoms with Crippen LogP contribution in [-0.2, 0) is 11.3 Å². The van der Waals surface area contributed by atoms with Crippen LogP contribution in [-0.4, -0.2) is 24.5 Å². The van der Waals surface area contributed by atoms with Crippen LogP contribution in [0, 0.1) is 5.82 Å². The van der Waals surface area contributed by atoms with Gasteiger partial charge in [-0.1, -0.05) is 48.5 Å². The van der Waals surface area contributed by atoms with E-state index in [1.807, 2.05) is 30.3 Å². The molecule has 0 unspecified atom stereocenters. The summed E-state index contributed by atoms with van der Waals surface area (Å²) in [5.41, 5.74) is 1.04. The first kappa shape index (κ1) is 16.0. The van der Waals surface area contributed by atoms with E-state index in [4.69, 9.17) is 4.74 Å². The van der Waals surface area contributed by atoms with Gasteiger partial charge in [-0.25, -0.2) is 4.39 Å². The van der Waals surface area contributed by atoms with Gasteiger partial charge in [-0.2, -0.15) is 0 Å². The van der Waals surface area contributed by atoms with Crippen LogP contribution < -0.4 is 4.74 Å². The Kier molecular flexibility index (Phi) is 4.75. The zero-order valence-electron chi connectivity index (χ0n) is 13.4. The Bertz CT molecular complexity index is 863. The van der Waals surface area contributed by atoms with E-state index in [0.29, 0.717) is 6.54 Å². The summed E-state index contributed by atoms with van der Waals surface area (Å²) in [6.45, 7) is 0.287. The number of halogens is 1. The summed E-state index contributed by atoms with van der Waals surface area (Å²) in [7, 11) is 1.71. The van der Waals surface area contributed by atoms with E-state index < -0.39 is 5.82 Å². The first-order chi connectivity index (χ1) is 11.6. The highest BCUT2D eigenvalue weighted by Gasteiger charge is 2.12. The molecule has 0 fully saturated rings. The van der Waals surface area contributed by atoms with Gasteiger partial charge in [0.1, 0.15) is 0 Å². The molecule has 3 aromatic rings. The minimum atomic E-state index is -0.470. The average Bonchev–Trinajstić information content (AvgIpc) is 2.60. The maximum atomic E-state index is 13.5. The van der Waals surface area contributed by atoms with Crippen molar-refractivity contribution in [1.82, 2.24) is 4.90 Å². The predicted molar refractivity (Wildman–Crippen MR) is 92.3 cm³/mol. The lowest BCUT2D eigenvalue weighted by molar-refractivity contribution is -0.132. The van der Waals surface area contributed by atoms with E-state index in [9.17, 15) is 9.18 Å². The molecule has 0 radical (unpaired) electrons. The molecule has 0 aliphatic carbocycles. The molecule has 0 atom stereocenters. The molecule has 122 valence electrons. The largest absolute Gasteiger partial charge is 0.481 e. The Morgan fingerprint density at radius 3 is 2.50 bits per heavy atom. The lowest BCUT2D eigenvalue weighted by Gasteiger charge is -2.18. The van der Waals surface area contributed by atoms with Crippen molar-refractivity contribution >= 4 is 16.7 Å². The summed E-state index contributed by atoms with van der Waals surface area (Å²) in [6, 6.07) is 20.3. The number of nitrogens with zero attached hydrogens (tertiary/aromatic N) is 1. The van der Waals surface area contributed by atoms with Gasteiger partial charge in [0.15, 0.2) is 18.2 Å². The van der Waals surface area contributed by atoms with Crippen molar-refractivity contribution in [1.29, 1.82) is 0 Å². The molecule has 0 aromatic heterocycles. The summed E-state index contributed by atoms with van der Waals surface area (Å²) in [5.74, 6) is -0.584. The number of ether oxygens (including phenoxy) is 1. The number of benzene rings is 3. The van der Waals surface area contributed by atoms with Crippen molar-refractivity contribution in [3.05, 3.63) is 78.1 Å². The Morgan fingerprint density at radius 1 is 1.00 bits per heavy atom. The van der Waals surface area contributed by atoms with Gasteiger partial charge < -0.3 is 9.64 Å². The van der Waals surface area contributed by atoms with Crippen molar-refractivity contribution < 1.29 is 13.9 Å². The van der Waals surface area contributed by atoms with Gasteiger partial charge in [0.25, 0.3) is 5.91 Å². The van der Waals surface area contributed by atoms with Crippen LogP contribution in [0.2, 0.25) is 0 Å². The van der Waals surface area contributed by atoms with Crippen molar-refractivity contribution in [2.75, 3.05) is 13.7 Å². The quantitative estimate of drug-likeness (QED) is 0.710. The Labute approximate surface area is 140 Å². The maximum absolute atomic E-state index is 13.5. The number of likely N-dealkylation sites (N-methyl/N-ethyl adjacent to an activating group) is 1. The number of para-hydroxylation sites is 1. The molecule has 0 N–H and O–H groups in total. The summed E-state index contributed by atoms with van der Waals surface area (Å²) in [6.07, 6.45) is 0. The van der Waals surface area contributed by atoms with Gasteiger partial charge >= 0.3 is 0 Å². The molecule has 0 saturated heterocycles. The molecule has 24 heavy (non-hydrogen) atoms. The molecular weight excluding hydrogens is 305 g/mol. The zero-order valence-corrected chi connectivity index (χ0v) is 13.4. The van der Waals surface area contributed by atoms with E-state index in [1.165, 1.54) is 12.1 Å². The highest BCUT2D eigenvalue weighted by Crippen LogP contribution is 2.17. The van der Waals surface area contributed by atoms with Crippen LogP contribution in [0.25, 0.3) is 10.8 Å². The Morgan fingerprint density at radius 2 is 1.71 bits per heavy atom. The van der Waals surface area contributed by atoms with Gasteiger partial charge in [-0.15, -0.1) is 0 Å². The van der Waals surface area contributed by atoms with E-state index >= 15 is 0 Å². The third-order valence-corrected chi connectivity index (χ3v) is 3.85. The van der Waals surface area contributed by atoms with Crippen molar-refractivity contribution in [3.8, 4) is 5.75 Å². The second-order valence-electron chi connectivity index (χ2n) is 5.65. The lowest BCUT2D eigenvalue weighted by atomic mass is 10.1. The average molecular weight is 323 g/mol. The molecule has 0 aliphatic heterocycles. The third-order valence-electron chi connectivity index (χ3n) is 3.85. The molecular formula is C20H18FNO2. The minimum Gasteiger partial charge on any atom is -0.481 e. The number of hydrogen-bond donors (Lipinski definition) is 0. The normalized spacial score (nSPS) is 10.6. The maximum Gasteiger partial charge on any atom is 0.260 e. The van der Waals surface area contributed by atoms with Crippen LogP contribution in [0.15, 0.2) is 66.7 Å². The summed E-state index contributed by atoms with van der Waals surface area (Å²) in [5, 5.41) is 2.30. The van der Waals surface area contributed by atoms with Crippen LogP contribution in [0.5, 0.6) is 5.75 Å². The van der Waals surface area contributed by atoms with E-state index in [2.05, 4.69) is 12.1 Å². The van der Waals surface area contributed by atoms with Crippen molar-refractivity contribution in [3.63, 3.8) is 0 Å².